The molecule has 0 aliphatic carbocycles. The second-order valence-electron chi connectivity index (χ2n) is 12.0. The van der Waals surface area contributed by atoms with Crippen molar-refractivity contribution in [2.24, 2.45) is 0 Å². The van der Waals surface area contributed by atoms with Gasteiger partial charge in [0.1, 0.15) is 5.60 Å². The molecule has 0 amide bonds. The molecule has 0 bridgehead atoms. The molecule has 0 aromatic rings. The molecule has 2 saturated heterocycles. The average Bonchev–Trinajstić information content (AvgIpc) is 2.40. The maximum Gasteiger partial charge on any atom is 0.112 e. The van der Waals surface area contributed by atoms with Crippen molar-refractivity contribution in [3.63, 3.8) is 0 Å². The Morgan fingerprint density at radius 1 is 0.690 bits per heavy atom. The van der Waals surface area contributed by atoms with Crippen molar-refractivity contribution in [1.29, 1.82) is 0 Å². The third-order valence-corrected chi connectivity index (χ3v) is 6.15. The fraction of sp³-hybridized carbons (Fsp3) is 1.00. The van der Waals surface area contributed by atoms with Crippen LogP contribution in [0.3, 0.4) is 0 Å². The van der Waals surface area contributed by atoms with E-state index in [2.05, 4.69) is 0 Å². The molecule has 29 heavy (non-hydrogen) atoms. The van der Waals surface area contributed by atoms with Crippen molar-refractivity contribution in [3.8, 4) is 0 Å². The minimum absolute atomic E-state index is 0.0906. The quantitative estimate of drug-likeness (QED) is 0.614. The first-order chi connectivity index (χ1) is 12.9. The molecule has 0 radical (unpaired) electrons. The third kappa shape index (κ3) is 5.91. The van der Waals surface area contributed by atoms with Crippen molar-refractivity contribution >= 4 is 0 Å². The molecule has 7 nitrogen and oxygen atoms in total. The minimum atomic E-state index is -1.19. The van der Waals surface area contributed by atoms with E-state index < -0.39 is 5.60 Å². The van der Waals surface area contributed by atoms with E-state index in [1.807, 2.05) is 65.5 Å². The molecule has 0 atom stereocenters. The summed E-state index contributed by atoms with van der Waals surface area (Å²) < 4.78 is 0. The summed E-state index contributed by atoms with van der Waals surface area (Å²) in [6, 6.07) is 0. The van der Waals surface area contributed by atoms with Crippen LogP contribution in [0.1, 0.15) is 88.0 Å². The summed E-state index contributed by atoms with van der Waals surface area (Å²) >= 11 is 0. The van der Waals surface area contributed by atoms with Crippen LogP contribution in [0, 0.1) is 0 Å². The Bertz CT molecular complexity index is 490. The molecule has 2 rings (SSSR count). The van der Waals surface area contributed by atoms with Gasteiger partial charge in [0.15, 0.2) is 0 Å². The normalized spacial score (nSPS) is 28.6. The molecule has 7 heteroatoms. The van der Waals surface area contributed by atoms with Gasteiger partial charge in [0, 0.05) is 22.2 Å². The van der Waals surface area contributed by atoms with Gasteiger partial charge in [-0.1, -0.05) is 0 Å². The maximum atomic E-state index is 11.0. The smallest absolute Gasteiger partial charge is 0.112 e. The first-order valence-corrected chi connectivity index (χ1v) is 10.8. The number of aliphatic hydroxyl groups excluding tert-OH is 2. The number of hydrogen-bond donors (Lipinski definition) is 3. The van der Waals surface area contributed by atoms with Crippen molar-refractivity contribution in [3.05, 3.63) is 0 Å². The molecule has 2 aliphatic rings. The summed E-state index contributed by atoms with van der Waals surface area (Å²) in [6.45, 7) is 18.3. The van der Waals surface area contributed by atoms with E-state index in [-0.39, 0.29) is 47.6 Å². The Kier molecular flexibility index (Phi) is 6.90. The molecule has 0 unspecified atom stereocenters. The second-order valence-corrected chi connectivity index (χ2v) is 12.0. The molecular formula is C22H44N2O5. The van der Waals surface area contributed by atoms with Gasteiger partial charge in [-0.05, 0) is 88.0 Å². The highest BCUT2D eigenvalue weighted by atomic mass is 16.7. The van der Waals surface area contributed by atoms with E-state index in [1.54, 1.807) is 6.92 Å². The highest BCUT2D eigenvalue weighted by Gasteiger charge is 2.48. The van der Waals surface area contributed by atoms with Gasteiger partial charge in [-0.15, -0.1) is 0 Å². The van der Waals surface area contributed by atoms with Crippen LogP contribution in [0.4, 0.5) is 0 Å². The van der Waals surface area contributed by atoms with Crippen molar-refractivity contribution < 1.29 is 25.0 Å². The number of hydrogen-bond acceptors (Lipinski definition) is 7. The van der Waals surface area contributed by atoms with E-state index in [1.165, 1.54) is 0 Å². The van der Waals surface area contributed by atoms with Gasteiger partial charge in [-0.3, -0.25) is 9.68 Å². The summed E-state index contributed by atoms with van der Waals surface area (Å²) in [5.74, 6) is 0. The third-order valence-electron chi connectivity index (χ3n) is 6.15. The molecule has 2 fully saturated rings. The zero-order chi connectivity index (χ0) is 22.5. The van der Waals surface area contributed by atoms with Crippen LogP contribution >= 0.6 is 0 Å². The summed E-state index contributed by atoms with van der Waals surface area (Å²) in [5.41, 5.74) is -2.56. The highest BCUT2D eigenvalue weighted by molar-refractivity contribution is 4.98. The van der Waals surface area contributed by atoms with E-state index in [0.29, 0.717) is 25.7 Å². The van der Waals surface area contributed by atoms with E-state index in [9.17, 15) is 15.3 Å². The standard InChI is InChI=1S/C22H44N2O5/c1-18(2)10-16(25)11-19(3,4)23(18)28-14-22(9,27)15-29-24-20(5,6)12-17(26)13-21(24,7)8/h16-17,25-27H,10-15H2,1-9H3. The summed E-state index contributed by atoms with van der Waals surface area (Å²) in [5, 5.41) is 35.2. The molecule has 172 valence electrons. The average molecular weight is 417 g/mol. The lowest BCUT2D eigenvalue weighted by molar-refractivity contribution is -0.332. The molecule has 0 spiro atoms. The second kappa shape index (κ2) is 8.01. The fourth-order valence-corrected chi connectivity index (χ4v) is 5.57. The number of hydroxylamine groups is 4. The lowest BCUT2D eigenvalue weighted by atomic mass is 9.80. The van der Waals surface area contributed by atoms with E-state index in [4.69, 9.17) is 9.68 Å². The van der Waals surface area contributed by atoms with Crippen LogP contribution in [-0.2, 0) is 9.68 Å². The van der Waals surface area contributed by atoms with Crippen LogP contribution < -0.4 is 0 Å². The first-order valence-electron chi connectivity index (χ1n) is 10.8. The SMILES string of the molecule is CC(O)(CON1C(C)(C)CC(O)CC1(C)C)CON1C(C)(C)CC(O)CC1(C)C. The molecular weight excluding hydrogens is 372 g/mol. The van der Waals surface area contributed by atoms with Crippen molar-refractivity contribution in [2.45, 2.75) is 128 Å². The van der Waals surface area contributed by atoms with Gasteiger partial charge in [-0.25, -0.2) is 0 Å². The van der Waals surface area contributed by atoms with E-state index in [0.717, 1.165) is 0 Å². The van der Waals surface area contributed by atoms with Crippen LogP contribution in [0.2, 0.25) is 0 Å². The van der Waals surface area contributed by atoms with Crippen LogP contribution in [-0.4, -0.2) is 78.6 Å². The highest BCUT2D eigenvalue weighted by Crippen LogP contribution is 2.40. The molecule has 0 saturated carbocycles. The van der Waals surface area contributed by atoms with Gasteiger partial charge in [0.2, 0.25) is 0 Å². The largest absolute Gasteiger partial charge is 0.393 e. The first kappa shape index (κ1) is 25.0. The predicted molar refractivity (Wildman–Crippen MR) is 113 cm³/mol. The Labute approximate surface area is 176 Å². The Hall–Kier alpha value is -0.280. The molecule has 0 aromatic heterocycles. The van der Waals surface area contributed by atoms with Crippen molar-refractivity contribution in [2.75, 3.05) is 13.2 Å². The Balaban J connectivity index is 2.01. The van der Waals surface area contributed by atoms with Gasteiger partial charge >= 0.3 is 0 Å². The summed E-state index contributed by atoms with van der Waals surface area (Å²) in [6.07, 6.45) is 1.76. The fourth-order valence-electron chi connectivity index (χ4n) is 5.57. The lowest BCUT2D eigenvalue weighted by Gasteiger charge is -2.54. The van der Waals surface area contributed by atoms with Crippen molar-refractivity contribution in [1.82, 2.24) is 10.1 Å². The van der Waals surface area contributed by atoms with Crippen LogP contribution in [0.5, 0.6) is 0 Å². The topological polar surface area (TPSA) is 85.6 Å². The number of nitrogens with zero attached hydrogens (tertiary/aromatic N) is 2. The number of piperidine rings is 2. The maximum absolute atomic E-state index is 11.0. The zero-order valence-electron chi connectivity index (χ0n) is 19.9. The Morgan fingerprint density at radius 2 is 0.931 bits per heavy atom. The zero-order valence-corrected chi connectivity index (χ0v) is 19.9. The minimum Gasteiger partial charge on any atom is -0.393 e. The van der Waals surface area contributed by atoms with E-state index >= 15 is 0 Å². The van der Waals surface area contributed by atoms with Gasteiger partial charge in [0.05, 0.1) is 25.4 Å². The predicted octanol–water partition coefficient (Wildman–Crippen LogP) is 2.63. The van der Waals surface area contributed by atoms with Gasteiger partial charge < -0.3 is 15.3 Å². The summed E-state index contributed by atoms with van der Waals surface area (Å²) in [7, 11) is 0. The molecule has 2 heterocycles. The molecule has 2 aliphatic heterocycles. The van der Waals surface area contributed by atoms with Crippen LogP contribution in [0.15, 0.2) is 0 Å². The number of aliphatic hydroxyl groups is 3. The van der Waals surface area contributed by atoms with Gasteiger partial charge in [-0.2, -0.15) is 10.1 Å². The summed E-state index contributed by atoms with van der Waals surface area (Å²) in [4.78, 5) is 12.2. The number of rotatable bonds is 6. The van der Waals surface area contributed by atoms with Gasteiger partial charge in [0.25, 0.3) is 0 Å². The van der Waals surface area contributed by atoms with Crippen LogP contribution in [0.25, 0.3) is 0 Å². The molecule has 0 aromatic carbocycles. The lowest BCUT2D eigenvalue weighted by Crippen LogP contribution is -2.63. The molecule has 3 N–H and O–H groups in total. The Morgan fingerprint density at radius 3 is 1.17 bits per heavy atom. The monoisotopic (exact) mass is 416 g/mol.